The Morgan fingerprint density at radius 3 is 2.57 bits per heavy atom. The number of hydrogen-bond donors (Lipinski definition) is 1. The summed E-state index contributed by atoms with van der Waals surface area (Å²) in [5.41, 5.74) is 0.657. The van der Waals surface area contributed by atoms with Crippen LogP contribution in [0, 0.1) is 0 Å². The van der Waals surface area contributed by atoms with Gasteiger partial charge in [-0.05, 0) is 13.1 Å². The second-order valence-electron chi connectivity index (χ2n) is 2.78. The Morgan fingerprint density at radius 1 is 1.36 bits per heavy atom. The van der Waals surface area contributed by atoms with Crippen molar-refractivity contribution in [3.8, 4) is 5.75 Å². The number of ether oxygens (including phenoxy) is 1. The zero-order valence-corrected chi connectivity index (χ0v) is 8.97. The van der Waals surface area contributed by atoms with Gasteiger partial charge in [0.15, 0.2) is 0 Å². The van der Waals surface area contributed by atoms with Crippen LogP contribution in [0.5, 0.6) is 5.75 Å². The molecule has 5 heteroatoms. The van der Waals surface area contributed by atoms with Gasteiger partial charge in [0.05, 0.1) is 12.9 Å². The second-order valence-corrected chi connectivity index (χ2v) is 4.70. The van der Waals surface area contributed by atoms with Crippen LogP contribution in [0.1, 0.15) is 5.56 Å². The average Bonchev–Trinajstić information content (AvgIpc) is 2.18. The van der Waals surface area contributed by atoms with Gasteiger partial charge in [0.2, 0.25) is 10.0 Å². The highest BCUT2D eigenvalue weighted by molar-refractivity contribution is 7.88. The predicted molar refractivity (Wildman–Crippen MR) is 54.7 cm³/mol. The number of sulfonamides is 1. The molecule has 0 aliphatic rings. The lowest BCUT2D eigenvalue weighted by molar-refractivity contribution is 0.411. The van der Waals surface area contributed by atoms with Crippen molar-refractivity contribution in [1.29, 1.82) is 0 Å². The zero-order chi connectivity index (χ0) is 10.6. The highest BCUT2D eigenvalue weighted by Gasteiger charge is 2.11. The van der Waals surface area contributed by atoms with E-state index >= 15 is 0 Å². The summed E-state index contributed by atoms with van der Waals surface area (Å²) < 4.78 is 29.8. The molecule has 4 nitrogen and oxygen atoms in total. The van der Waals surface area contributed by atoms with E-state index < -0.39 is 10.0 Å². The Balaban J connectivity index is 2.97. The number of hydrogen-bond acceptors (Lipinski definition) is 3. The molecule has 1 N–H and O–H groups in total. The van der Waals surface area contributed by atoms with Crippen molar-refractivity contribution < 1.29 is 13.2 Å². The minimum Gasteiger partial charge on any atom is -0.496 e. The first-order chi connectivity index (χ1) is 6.59. The summed E-state index contributed by atoms with van der Waals surface area (Å²) >= 11 is 0. The summed E-state index contributed by atoms with van der Waals surface area (Å²) in [6.45, 7) is 0. The molecule has 1 rings (SSSR count). The SMILES string of the molecule is CNS(=O)(=O)Cc1ccccc1OC. The van der Waals surface area contributed by atoms with Crippen molar-refractivity contribution in [1.82, 2.24) is 4.72 Å². The summed E-state index contributed by atoms with van der Waals surface area (Å²) in [7, 11) is -0.323. The van der Waals surface area contributed by atoms with Crippen molar-refractivity contribution >= 4 is 10.0 Å². The van der Waals surface area contributed by atoms with E-state index in [4.69, 9.17) is 4.74 Å². The Labute approximate surface area is 84.0 Å². The van der Waals surface area contributed by atoms with E-state index in [2.05, 4.69) is 4.72 Å². The molecule has 1 aromatic carbocycles. The standard InChI is InChI=1S/C9H13NO3S/c1-10-14(11,12)7-8-5-3-4-6-9(8)13-2/h3-6,10H,7H2,1-2H3. The lowest BCUT2D eigenvalue weighted by Gasteiger charge is -2.07. The predicted octanol–water partition coefficient (Wildman–Crippen LogP) is 0.744. The Bertz CT molecular complexity index is 400. The van der Waals surface area contributed by atoms with E-state index in [-0.39, 0.29) is 5.75 Å². The normalized spacial score (nSPS) is 11.3. The highest BCUT2D eigenvalue weighted by atomic mass is 32.2. The van der Waals surface area contributed by atoms with Crippen molar-refractivity contribution in [3.05, 3.63) is 29.8 Å². The van der Waals surface area contributed by atoms with Gasteiger partial charge in [0.25, 0.3) is 0 Å². The molecule has 0 atom stereocenters. The molecular weight excluding hydrogens is 202 g/mol. The maximum absolute atomic E-state index is 11.3. The summed E-state index contributed by atoms with van der Waals surface area (Å²) in [5, 5.41) is 0. The molecule has 14 heavy (non-hydrogen) atoms. The van der Waals surface area contributed by atoms with E-state index in [0.717, 1.165) is 0 Å². The molecular formula is C9H13NO3S. The van der Waals surface area contributed by atoms with Gasteiger partial charge in [-0.1, -0.05) is 18.2 Å². The summed E-state index contributed by atoms with van der Waals surface area (Å²) in [6.07, 6.45) is 0. The molecule has 0 radical (unpaired) electrons. The van der Waals surface area contributed by atoms with Crippen LogP contribution < -0.4 is 9.46 Å². The van der Waals surface area contributed by atoms with Gasteiger partial charge >= 0.3 is 0 Å². The van der Waals surface area contributed by atoms with Crippen LogP contribution >= 0.6 is 0 Å². The molecule has 78 valence electrons. The Hall–Kier alpha value is -1.07. The molecule has 0 aromatic heterocycles. The first-order valence-corrected chi connectivity index (χ1v) is 5.77. The third-order valence-corrected chi connectivity index (χ3v) is 3.16. The number of nitrogens with one attached hydrogen (secondary N) is 1. The van der Waals surface area contributed by atoms with E-state index in [1.54, 1.807) is 24.3 Å². The molecule has 0 heterocycles. The van der Waals surface area contributed by atoms with E-state index in [1.165, 1.54) is 14.2 Å². The fourth-order valence-electron chi connectivity index (χ4n) is 1.10. The summed E-state index contributed by atoms with van der Waals surface area (Å²) in [4.78, 5) is 0. The summed E-state index contributed by atoms with van der Waals surface area (Å²) in [5.74, 6) is 0.527. The zero-order valence-electron chi connectivity index (χ0n) is 8.15. The fraction of sp³-hybridized carbons (Fsp3) is 0.333. The topological polar surface area (TPSA) is 55.4 Å². The minimum absolute atomic E-state index is 0.0620. The molecule has 0 fully saturated rings. The lowest BCUT2D eigenvalue weighted by atomic mass is 10.2. The van der Waals surface area contributed by atoms with Gasteiger partial charge in [-0.2, -0.15) is 0 Å². The van der Waals surface area contributed by atoms with Gasteiger partial charge in [0, 0.05) is 5.56 Å². The number of rotatable bonds is 4. The van der Waals surface area contributed by atoms with Crippen molar-refractivity contribution in [2.24, 2.45) is 0 Å². The van der Waals surface area contributed by atoms with Gasteiger partial charge in [-0.3, -0.25) is 0 Å². The summed E-state index contributed by atoms with van der Waals surface area (Å²) in [6, 6.07) is 7.05. The van der Waals surface area contributed by atoms with Crippen LogP contribution in [0.25, 0.3) is 0 Å². The highest BCUT2D eigenvalue weighted by Crippen LogP contribution is 2.19. The molecule has 0 spiro atoms. The van der Waals surface area contributed by atoms with Crippen molar-refractivity contribution in [2.45, 2.75) is 5.75 Å². The molecule has 0 amide bonds. The van der Waals surface area contributed by atoms with Gasteiger partial charge in [-0.25, -0.2) is 13.1 Å². The van der Waals surface area contributed by atoms with Gasteiger partial charge in [0.1, 0.15) is 5.75 Å². The molecule has 1 aromatic rings. The van der Waals surface area contributed by atoms with Crippen LogP contribution in [0.15, 0.2) is 24.3 Å². The molecule has 0 saturated heterocycles. The second kappa shape index (κ2) is 4.43. The third kappa shape index (κ3) is 2.71. The van der Waals surface area contributed by atoms with Crippen LogP contribution in [-0.4, -0.2) is 22.6 Å². The smallest absolute Gasteiger partial charge is 0.215 e. The maximum Gasteiger partial charge on any atom is 0.215 e. The largest absolute Gasteiger partial charge is 0.496 e. The molecule has 0 unspecified atom stereocenters. The first kappa shape index (κ1) is 11.0. The monoisotopic (exact) mass is 215 g/mol. The third-order valence-electron chi connectivity index (χ3n) is 1.85. The maximum atomic E-state index is 11.3. The molecule has 0 aliphatic carbocycles. The van der Waals surface area contributed by atoms with E-state index in [0.29, 0.717) is 11.3 Å². The van der Waals surface area contributed by atoms with Crippen LogP contribution in [0.2, 0.25) is 0 Å². The first-order valence-electron chi connectivity index (χ1n) is 4.12. The number of methoxy groups -OCH3 is 1. The van der Waals surface area contributed by atoms with Crippen LogP contribution in [-0.2, 0) is 15.8 Å². The quantitative estimate of drug-likeness (QED) is 0.806. The van der Waals surface area contributed by atoms with Gasteiger partial charge < -0.3 is 4.74 Å². The number of benzene rings is 1. The molecule has 0 bridgehead atoms. The Kier molecular flexibility index (Phi) is 3.49. The van der Waals surface area contributed by atoms with Crippen molar-refractivity contribution in [2.75, 3.05) is 14.2 Å². The van der Waals surface area contributed by atoms with Crippen LogP contribution in [0.4, 0.5) is 0 Å². The average molecular weight is 215 g/mol. The lowest BCUT2D eigenvalue weighted by Crippen LogP contribution is -2.20. The van der Waals surface area contributed by atoms with E-state index in [1.807, 2.05) is 0 Å². The molecule has 0 saturated carbocycles. The fourth-order valence-corrected chi connectivity index (χ4v) is 1.89. The Morgan fingerprint density at radius 2 is 2.00 bits per heavy atom. The molecule has 0 aliphatic heterocycles. The van der Waals surface area contributed by atoms with Gasteiger partial charge in [-0.15, -0.1) is 0 Å². The van der Waals surface area contributed by atoms with Crippen molar-refractivity contribution in [3.63, 3.8) is 0 Å². The van der Waals surface area contributed by atoms with E-state index in [9.17, 15) is 8.42 Å². The number of para-hydroxylation sites is 1. The van der Waals surface area contributed by atoms with Crippen LogP contribution in [0.3, 0.4) is 0 Å². The minimum atomic E-state index is -3.24.